The zero-order valence-corrected chi connectivity index (χ0v) is 6.32. The lowest BCUT2D eigenvalue weighted by molar-refractivity contribution is 0.834. The molecule has 0 aliphatic rings. The molecule has 0 spiro atoms. The average molecular weight is 124 g/mol. The van der Waals surface area contributed by atoms with Gasteiger partial charge in [-0.1, -0.05) is 31.6 Å². The van der Waals surface area contributed by atoms with Crippen LogP contribution in [0.4, 0.5) is 0 Å². The highest BCUT2D eigenvalue weighted by atomic mass is 13.9. The third-order valence-corrected chi connectivity index (χ3v) is 1.31. The quantitative estimate of drug-likeness (QED) is 0.493. The highest BCUT2D eigenvalue weighted by Gasteiger charge is 1.88. The molecule has 0 unspecified atom stereocenters. The van der Waals surface area contributed by atoms with Crippen molar-refractivity contribution in [3.05, 3.63) is 24.8 Å². The van der Waals surface area contributed by atoms with E-state index in [0.717, 1.165) is 12.8 Å². The van der Waals surface area contributed by atoms with Crippen molar-refractivity contribution in [3.8, 4) is 0 Å². The maximum atomic E-state index is 3.93. The first-order chi connectivity index (χ1) is 4.31. The Labute approximate surface area is 58.3 Å². The molecule has 9 heavy (non-hydrogen) atoms. The van der Waals surface area contributed by atoms with Crippen molar-refractivity contribution in [1.29, 1.82) is 0 Å². The lowest BCUT2D eigenvalue weighted by Crippen LogP contribution is -1.78. The van der Waals surface area contributed by atoms with Gasteiger partial charge in [-0.2, -0.15) is 0 Å². The Morgan fingerprint density at radius 2 is 2.11 bits per heavy atom. The molecule has 0 radical (unpaired) electrons. The van der Waals surface area contributed by atoms with Crippen molar-refractivity contribution in [3.63, 3.8) is 0 Å². The number of rotatable bonds is 5. The summed E-state index contributed by atoms with van der Waals surface area (Å²) in [6.45, 7) is 9.77. The molecule has 0 atom stereocenters. The molecule has 0 saturated heterocycles. The van der Waals surface area contributed by atoms with Crippen molar-refractivity contribution >= 4 is 0 Å². The first-order valence-electron chi connectivity index (χ1n) is 3.58. The van der Waals surface area contributed by atoms with Gasteiger partial charge in [0.1, 0.15) is 0 Å². The average Bonchev–Trinajstić information content (AvgIpc) is 1.85. The second-order valence-corrected chi connectivity index (χ2v) is 2.33. The topological polar surface area (TPSA) is 0 Å². The lowest BCUT2D eigenvalue weighted by atomic mass is 10.1. The van der Waals surface area contributed by atoms with Crippen molar-refractivity contribution < 1.29 is 0 Å². The van der Waals surface area contributed by atoms with E-state index < -0.39 is 0 Å². The Bertz CT molecular complexity index is 90.2. The fourth-order valence-electron chi connectivity index (χ4n) is 0.785. The monoisotopic (exact) mass is 124 g/mol. The summed E-state index contributed by atoms with van der Waals surface area (Å²) in [5.41, 5.74) is 1.36. The number of hydrogen-bond donors (Lipinski definition) is 0. The highest BCUT2D eigenvalue weighted by Crippen LogP contribution is 2.08. The predicted octanol–water partition coefficient (Wildman–Crippen LogP) is 3.31. The third-order valence-electron chi connectivity index (χ3n) is 1.31. The van der Waals surface area contributed by atoms with Crippen LogP contribution < -0.4 is 0 Å². The van der Waals surface area contributed by atoms with E-state index in [1.165, 1.54) is 18.4 Å². The first-order valence-corrected chi connectivity index (χ1v) is 3.58. The third kappa shape index (κ3) is 5.35. The minimum Gasteiger partial charge on any atom is -0.103 e. The molecule has 0 fully saturated rings. The van der Waals surface area contributed by atoms with Gasteiger partial charge in [-0.15, -0.1) is 6.58 Å². The Balaban J connectivity index is 3.16. The Morgan fingerprint density at radius 1 is 1.44 bits per heavy atom. The second-order valence-electron chi connectivity index (χ2n) is 2.33. The Morgan fingerprint density at radius 3 is 2.56 bits per heavy atom. The Hall–Kier alpha value is -0.520. The van der Waals surface area contributed by atoms with Gasteiger partial charge in [0.15, 0.2) is 0 Å². The van der Waals surface area contributed by atoms with Crippen LogP contribution in [-0.2, 0) is 0 Å². The van der Waals surface area contributed by atoms with Gasteiger partial charge in [0.05, 0.1) is 0 Å². The van der Waals surface area contributed by atoms with Gasteiger partial charge in [-0.05, 0) is 19.3 Å². The summed E-state index contributed by atoms with van der Waals surface area (Å²) in [6, 6.07) is 0. The van der Waals surface area contributed by atoms with Gasteiger partial charge in [-0.25, -0.2) is 0 Å². The van der Waals surface area contributed by atoms with Crippen molar-refractivity contribution in [1.82, 2.24) is 0 Å². The van der Waals surface area contributed by atoms with Crippen LogP contribution in [0, 0.1) is 0 Å². The molecule has 0 heterocycles. The van der Waals surface area contributed by atoms with E-state index >= 15 is 0 Å². The van der Waals surface area contributed by atoms with Crippen LogP contribution in [0.1, 0.15) is 32.6 Å². The van der Waals surface area contributed by atoms with E-state index in [2.05, 4.69) is 20.1 Å². The molecule has 0 aromatic carbocycles. The molecule has 0 aromatic rings. The molecule has 0 rings (SSSR count). The standard InChI is InChI=1S/C9H16/c1-4-6-8-9(3)7-5-2/h4H,1,3,5-8H2,2H3. The smallest absolute Gasteiger partial charge is 0.0288 e. The van der Waals surface area contributed by atoms with Crippen molar-refractivity contribution in [2.75, 3.05) is 0 Å². The van der Waals surface area contributed by atoms with Crippen molar-refractivity contribution in [2.45, 2.75) is 32.6 Å². The molecular weight excluding hydrogens is 108 g/mol. The molecule has 0 aromatic heterocycles. The van der Waals surface area contributed by atoms with Gasteiger partial charge in [-0.3, -0.25) is 0 Å². The van der Waals surface area contributed by atoms with Crippen LogP contribution in [0.5, 0.6) is 0 Å². The zero-order chi connectivity index (χ0) is 7.11. The van der Waals surface area contributed by atoms with Crippen LogP contribution >= 0.6 is 0 Å². The summed E-state index contributed by atoms with van der Waals surface area (Å²) in [7, 11) is 0. The predicted molar refractivity (Wildman–Crippen MR) is 43.5 cm³/mol. The largest absolute Gasteiger partial charge is 0.103 e. The van der Waals surface area contributed by atoms with Crippen LogP contribution in [-0.4, -0.2) is 0 Å². The van der Waals surface area contributed by atoms with Gasteiger partial charge < -0.3 is 0 Å². The summed E-state index contributed by atoms with van der Waals surface area (Å²) in [5, 5.41) is 0. The van der Waals surface area contributed by atoms with E-state index in [-0.39, 0.29) is 0 Å². The summed E-state index contributed by atoms with van der Waals surface area (Å²) >= 11 is 0. The first kappa shape index (κ1) is 8.48. The highest BCUT2D eigenvalue weighted by molar-refractivity contribution is 4.94. The summed E-state index contributed by atoms with van der Waals surface area (Å²) < 4.78 is 0. The van der Waals surface area contributed by atoms with Crippen LogP contribution in [0.3, 0.4) is 0 Å². The van der Waals surface area contributed by atoms with Crippen LogP contribution in [0.2, 0.25) is 0 Å². The fraction of sp³-hybridized carbons (Fsp3) is 0.556. The van der Waals surface area contributed by atoms with E-state index in [9.17, 15) is 0 Å². The molecule has 52 valence electrons. The maximum Gasteiger partial charge on any atom is -0.0288 e. The molecular formula is C9H16. The molecule has 0 aliphatic carbocycles. The number of allylic oxidation sites excluding steroid dienone is 2. The SMILES string of the molecule is C=CCCC(=C)CCC. The number of hydrogen-bond acceptors (Lipinski definition) is 0. The second kappa shape index (κ2) is 5.61. The summed E-state index contributed by atoms with van der Waals surface area (Å²) in [4.78, 5) is 0. The fourth-order valence-corrected chi connectivity index (χ4v) is 0.785. The Kier molecular flexibility index (Phi) is 5.29. The molecule has 0 saturated carbocycles. The summed E-state index contributed by atoms with van der Waals surface area (Å²) in [5.74, 6) is 0. The van der Waals surface area contributed by atoms with Gasteiger partial charge in [0.2, 0.25) is 0 Å². The molecule has 0 heteroatoms. The van der Waals surface area contributed by atoms with Crippen LogP contribution in [0.25, 0.3) is 0 Å². The van der Waals surface area contributed by atoms with Gasteiger partial charge in [0.25, 0.3) is 0 Å². The molecule has 0 bridgehead atoms. The van der Waals surface area contributed by atoms with E-state index in [4.69, 9.17) is 0 Å². The van der Waals surface area contributed by atoms with Gasteiger partial charge >= 0.3 is 0 Å². The normalized spacial score (nSPS) is 9.00. The molecule has 0 nitrogen and oxygen atoms in total. The zero-order valence-electron chi connectivity index (χ0n) is 6.32. The van der Waals surface area contributed by atoms with Crippen LogP contribution in [0.15, 0.2) is 24.8 Å². The van der Waals surface area contributed by atoms with E-state index in [1.807, 2.05) is 6.08 Å². The van der Waals surface area contributed by atoms with E-state index in [0.29, 0.717) is 0 Å². The van der Waals surface area contributed by atoms with E-state index in [1.54, 1.807) is 0 Å². The van der Waals surface area contributed by atoms with Crippen molar-refractivity contribution in [2.24, 2.45) is 0 Å². The van der Waals surface area contributed by atoms with Gasteiger partial charge in [0, 0.05) is 0 Å². The molecule has 0 aliphatic heterocycles. The molecule has 0 amide bonds. The minimum atomic E-state index is 1.08. The molecule has 0 N–H and O–H groups in total. The summed E-state index contributed by atoms with van der Waals surface area (Å²) in [6.07, 6.45) is 6.54. The minimum absolute atomic E-state index is 1.08. The maximum absolute atomic E-state index is 3.93. The lowest BCUT2D eigenvalue weighted by Gasteiger charge is -1.98.